The van der Waals surface area contributed by atoms with Crippen molar-refractivity contribution < 1.29 is 0 Å². The molecule has 3 nitrogen and oxygen atoms in total. The van der Waals surface area contributed by atoms with Gasteiger partial charge in [0.15, 0.2) is 0 Å². The molecular formula is C15H17N3S. The molecule has 0 radical (unpaired) electrons. The average molecular weight is 271 g/mol. The molecule has 0 unspecified atom stereocenters. The summed E-state index contributed by atoms with van der Waals surface area (Å²) in [5.74, 6) is 1.73. The standard InChI is InChI=1S/C15H17N3S/c1-2-13(19-7-1)9-18-6-5-12-8-16-15(11-3-4-11)17-14(12)10-18/h1-2,7-8,11H,3-6,9-10H2. The van der Waals surface area contributed by atoms with E-state index in [4.69, 9.17) is 4.98 Å². The van der Waals surface area contributed by atoms with Crippen molar-refractivity contribution in [2.45, 2.75) is 38.3 Å². The van der Waals surface area contributed by atoms with Crippen LogP contribution in [0.15, 0.2) is 23.7 Å². The summed E-state index contributed by atoms with van der Waals surface area (Å²) in [5, 5.41) is 2.15. The van der Waals surface area contributed by atoms with Gasteiger partial charge in [0.05, 0.1) is 5.69 Å². The Bertz CT molecular complexity index is 575. The minimum atomic E-state index is 0.651. The number of fused-ring (bicyclic) bond motifs is 1. The van der Waals surface area contributed by atoms with E-state index in [2.05, 4.69) is 33.6 Å². The highest BCUT2D eigenvalue weighted by Crippen LogP contribution is 2.38. The second-order valence-corrected chi connectivity index (χ2v) is 6.55. The minimum Gasteiger partial charge on any atom is -0.292 e. The second-order valence-electron chi connectivity index (χ2n) is 5.51. The van der Waals surface area contributed by atoms with Crippen LogP contribution in [0, 0.1) is 0 Å². The molecule has 0 saturated heterocycles. The van der Waals surface area contributed by atoms with Crippen LogP contribution in [0.1, 0.15) is 40.7 Å². The molecule has 0 amide bonds. The van der Waals surface area contributed by atoms with E-state index in [1.807, 2.05) is 11.3 Å². The van der Waals surface area contributed by atoms with Crippen molar-refractivity contribution in [2.24, 2.45) is 0 Å². The second kappa shape index (κ2) is 4.69. The van der Waals surface area contributed by atoms with Gasteiger partial charge in [0.2, 0.25) is 0 Å². The molecule has 1 aliphatic carbocycles. The highest BCUT2D eigenvalue weighted by atomic mass is 32.1. The summed E-state index contributed by atoms with van der Waals surface area (Å²) in [7, 11) is 0. The Balaban J connectivity index is 1.53. The van der Waals surface area contributed by atoms with Crippen molar-refractivity contribution in [3.8, 4) is 0 Å². The van der Waals surface area contributed by atoms with Gasteiger partial charge in [0.25, 0.3) is 0 Å². The summed E-state index contributed by atoms with van der Waals surface area (Å²) >= 11 is 1.84. The minimum absolute atomic E-state index is 0.651. The van der Waals surface area contributed by atoms with E-state index >= 15 is 0 Å². The molecule has 19 heavy (non-hydrogen) atoms. The maximum atomic E-state index is 4.81. The third-order valence-corrected chi connectivity index (χ3v) is 4.81. The van der Waals surface area contributed by atoms with E-state index in [1.165, 1.54) is 29.0 Å². The van der Waals surface area contributed by atoms with E-state index in [9.17, 15) is 0 Å². The van der Waals surface area contributed by atoms with Gasteiger partial charge in [-0.3, -0.25) is 4.90 Å². The number of thiophene rings is 1. The van der Waals surface area contributed by atoms with Gasteiger partial charge < -0.3 is 0 Å². The van der Waals surface area contributed by atoms with Gasteiger partial charge in [0.1, 0.15) is 5.82 Å². The number of aromatic nitrogens is 2. The fourth-order valence-electron chi connectivity index (χ4n) is 2.67. The highest BCUT2D eigenvalue weighted by molar-refractivity contribution is 7.09. The number of hydrogen-bond donors (Lipinski definition) is 0. The smallest absolute Gasteiger partial charge is 0.131 e. The molecule has 1 saturated carbocycles. The maximum absolute atomic E-state index is 4.81. The van der Waals surface area contributed by atoms with Crippen molar-refractivity contribution in [1.82, 2.24) is 14.9 Å². The van der Waals surface area contributed by atoms with E-state index in [0.717, 1.165) is 31.9 Å². The van der Waals surface area contributed by atoms with Crippen LogP contribution < -0.4 is 0 Å². The molecule has 4 heteroatoms. The molecule has 3 heterocycles. The quantitative estimate of drug-likeness (QED) is 0.859. The largest absolute Gasteiger partial charge is 0.292 e. The molecule has 4 rings (SSSR count). The van der Waals surface area contributed by atoms with Crippen molar-refractivity contribution in [1.29, 1.82) is 0 Å². The van der Waals surface area contributed by atoms with Crippen molar-refractivity contribution >= 4 is 11.3 Å². The van der Waals surface area contributed by atoms with Gasteiger partial charge in [-0.15, -0.1) is 11.3 Å². The number of hydrogen-bond acceptors (Lipinski definition) is 4. The zero-order chi connectivity index (χ0) is 12.7. The first-order valence-corrected chi connectivity index (χ1v) is 7.86. The van der Waals surface area contributed by atoms with E-state index < -0.39 is 0 Å². The fraction of sp³-hybridized carbons (Fsp3) is 0.467. The van der Waals surface area contributed by atoms with Gasteiger partial charge in [0, 0.05) is 36.6 Å². The predicted molar refractivity (Wildman–Crippen MR) is 76.1 cm³/mol. The zero-order valence-corrected chi connectivity index (χ0v) is 11.7. The Morgan fingerprint density at radius 2 is 2.32 bits per heavy atom. The van der Waals surface area contributed by atoms with Crippen molar-refractivity contribution in [3.63, 3.8) is 0 Å². The van der Waals surface area contributed by atoms with E-state index in [1.54, 1.807) is 0 Å². The molecule has 0 bridgehead atoms. The van der Waals surface area contributed by atoms with Gasteiger partial charge in [-0.05, 0) is 36.3 Å². The van der Waals surface area contributed by atoms with Crippen LogP contribution in [0.4, 0.5) is 0 Å². The maximum Gasteiger partial charge on any atom is 0.131 e. The monoisotopic (exact) mass is 271 g/mol. The summed E-state index contributed by atoms with van der Waals surface area (Å²) in [6, 6.07) is 4.35. The van der Waals surface area contributed by atoms with Gasteiger partial charge >= 0.3 is 0 Å². The SMILES string of the molecule is c1csc(CN2CCc3cnc(C4CC4)nc3C2)c1. The van der Waals surface area contributed by atoms with Crippen LogP contribution in [-0.2, 0) is 19.5 Å². The van der Waals surface area contributed by atoms with Crippen LogP contribution >= 0.6 is 11.3 Å². The van der Waals surface area contributed by atoms with Crippen LogP contribution in [-0.4, -0.2) is 21.4 Å². The summed E-state index contributed by atoms with van der Waals surface area (Å²) in [4.78, 5) is 13.3. The number of rotatable bonds is 3. The summed E-state index contributed by atoms with van der Waals surface area (Å²) in [6.07, 6.45) is 5.71. The zero-order valence-electron chi connectivity index (χ0n) is 10.9. The van der Waals surface area contributed by atoms with E-state index in [-0.39, 0.29) is 0 Å². The van der Waals surface area contributed by atoms with Gasteiger partial charge in [-0.25, -0.2) is 9.97 Å². The lowest BCUT2D eigenvalue weighted by Gasteiger charge is -2.27. The molecule has 0 atom stereocenters. The lowest BCUT2D eigenvalue weighted by atomic mass is 10.1. The topological polar surface area (TPSA) is 29.0 Å². The Labute approximate surface area is 117 Å². The molecule has 0 spiro atoms. The highest BCUT2D eigenvalue weighted by Gasteiger charge is 2.28. The predicted octanol–water partition coefficient (Wildman–Crippen LogP) is 2.97. The van der Waals surface area contributed by atoms with Crippen LogP contribution in [0.25, 0.3) is 0 Å². The van der Waals surface area contributed by atoms with Gasteiger partial charge in [-0.2, -0.15) is 0 Å². The normalized spacial score (nSPS) is 19.4. The van der Waals surface area contributed by atoms with Crippen LogP contribution in [0.5, 0.6) is 0 Å². The van der Waals surface area contributed by atoms with Crippen molar-refractivity contribution in [3.05, 3.63) is 45.7 Å². The van der Waals surface area contributed by atoms with Crippen LogP contribution in [0.3, 0.4) is 0 Å². The summed E-state index contributed by atoms with van der Waals surface area (Å²) in [6.45, 7) is 3.16. The fourth-order valence-corrected chi connectivity index (χ4v) is 3.41. The summed E-state index contributed by atoms with van der Waals surface area (Å²) < 4.78 is 0. The third kappa shape index (κ3) is 2.42. The Morgan fingerprint density at radius 3 is 3.11 bits per heavy atom. The molecular weight excluding hydrogens is 254 g/mol. The third-order valence-electron chi connectivity index (χ3n) is 3.95. The van der Waals surface area contributed by atoms with Gasteiger partial charge in [-0.1, -0.05) is 6.07 Å². The molecule has 0 aromatic carbocycles. The van der Waals surface area contributed by atoms with Crippen LogP contribution in [0.2, 0.25) is 0 Å². The summed E-state index contributed by atoms with van der Waals surface area (Å²) in [5.41, 5.74) is 2.62. The molecule has 2 aromatic heterocycles. The lowest BCUT2D eigenvalue weighted by molar-refractivity contribution is 0.243. The Kier molecular flexibility index (Phi) is 2.85. The lowest BCUT2D eigenvalue weighted by Crippen LogP contribution is -2.31. The number of nitrogens with zero attached hydrogens (tertiary/aromatic N) is 3. The van der Waals surface area contributed by atoms with E-state index in [0.29, 0.717) is 5.92 Å². The molecule has 1 aliphatic heterocycles. The molecule has 0 N–H and O–H groups in total. The first kappa shape index (κ1) is 11.6. The molecule has 98 valence electrons. The van der Waals surface area contributed by atoms with Crippen molar-refractivity contribution in [2.75, 3.05) is 6.54 Å². The molecule has 2 aliphatic rings. The molecule has 1 fully saturated rings. The first-order valence-electron chi connectivity index (χ1n) is 6.98. The molecule has 2 aromatic rings. The average Bonchev–Trinajstić information content (AvgIpc) is 3.17. The first-order chi connectivity index (χ1) is 9.38. The Morgan fingerprint density at radius 1 is 1.37 bits per heavy atom. The Hall–Kier alpha value is -1.26.